The first-order valence-corrected chi connectivity index (χ1v) is 6.25. The van der Waals surface area contributed by atoms with Crippen LogP contribution in [0.3, 0.4) is 0 Å². The Hall–Kier alpha value is -0.730. The van der Waals surface area contributed by atoms with Crippen molar-refractivity contribution in [3.05, 3.63) is 28.8 Å². The molecule has 3 heteroatoms. The first kappa shape index (κ1) is 13.3. The fourth-order valence-electron chi connectivity index (χ4n) is 1.88. The van der Waals surface area contributed by atoms with Crippen LogP contribution in [0, 0.1) is 0 Å². The number of hydrogen-bond donors (Lipinski definition) is 1. The lowest BCUT2D eigenvalue weighted by Crippen LogP contribution is -2.26. The molecule has 0 fully saturated rings. The van der Waals surface area contributed by atoms with Crippen LogP contribution < -0.4 is 4.90 Å². The third-order valence-corrected chi connectivity index (χ3v) is 2.77. The Morgan fingerprint density at radius 3 is 2.31 bits per heavy atom. The molecule has 0 bridgehead atoms. The summed E-state index contributed by atoms with van der Waals surface area (Å²) in [5.41, 5.74) is 2.02. The van der Waals surface area contributed by atoms with Gasteiger partial charge in [0.05, 0.1) is 6.61 Å². The van der Waals surface area contributed by atoms with Gasteiger partial charge in [-0.05, 0) is 31.0 Å². The zero-order chi connectivity index (χ0) is 12.0. The van der Waals surface area contributed by atoms with Gasteiger partial charge in [0.1, 0.15) is 0 Å². The molecule has 0 amide bonds. The summed E-state index contributed by atoms with van der Waals surface area (Å²) >= 11 is 5.92. The molecule has 1 rings (SSSR count). The molecule has 0 aliphatic rings. The van der Waals surface area contributed by atoms with Crippen molar-refractivity contribution in [2.45, 2.75) is 33.3 Å². The van der Waals surface area contributed by atoms with Crippen LogP contribution in [0.5, 0.6) is 0 Å². The molecule has 0 atom stereocenters. The largest absolute Gasteiger partial charge is 0.392 e. The van der Waals surface area contributed by atoms with Crippen LogP contribution in [0.2, 0.25) is 5.02 Å². The smallest absolute Gasteiger partial charge is 0.0702 e. The Balaban J connectivity index is 2.97. The first-order chi connectivity index (χ1) is 7.72. The van der Waals surface area contributed by atoms with E-state index in [0.717, 1.165) is 37.2 Å². The molecular weight excluding hydrogens is 222 g/mol. The number of anilines is 1. The third-order valence-electron chi connectivity index (χ3n) is 2.54. The van der Waals surface area contributed by atoms with Gasteiger partial charge < -0.3 is 10.0 Å². The first-order valence-electron chi connectivity index (χ1n) is 5.87. The number of aliphatic hydroxyl groups is 1. The highest BCUT2D eigenvalue weighted by Gasteiger charge is 2.09. The Kier molecular flexibility index (Phi) is 5.64. The molecule has 0 unspecified atom stereocenters. The van der Waals surface area contributed by atoms with E-state index in [1.807, 2.05) is 18.2 Å². The maximum absolute atomic E-state index is 9.34. The van der Waals surface area contributed by atoms with Gasteiger partial charge in [-0.1, -0.05) is 25.4 Å². The van der Waals surface area contributed by atoms with E-state index >= 15 is 0 Å². The Bertz CT molecular complexity index is 322. The highest BCUT2D eigenvalue weighted by molar-refractivity contribution is 6.30. The highest BCUT2D eigenvalue weighted by atomic mass is 35.5. The van der Waals surface area contributed by atoms with E-state index in [2.05, 4.69) is 18.7 Å². The van der Waals surface area contributed by atoms with E-state index in [-0.39, 0.29) is 6.61 Å². The van der Waals surface area contributed by atoms with Crippen molar-refractivity contribution in [1.29, 1.82) is 0 Å². The molecule has 16 heavy (non-hydrogen) atoms. The molecular formula is C13H20ClNO. The Morgan fingerprint density at radius 2 is 1.81 bits per heavy atom. The maximum atomic E-state index is 9.34. The second kappa shape index (κ2) is 6.77. The molecule has 0 spiro atoms. The number of aliphatic hydroxyl groups excluding tert-OH is 1. The average molecular weight is 242 g/mol. The van der Waals surface area contributed by atoms with Crippen molar-refractivity contribution in [1.82, 2.24) is 0 Å². The molecule has 1 aromatic carbocycles. The predicted octanol–water partition coefficient (Wildman–Crippen LogP) is 3.46. The number of nitrogens with zero attached hydrogens (tertiary/aromatic N) is 1. The molecule has 0 aromatic heterocycles. The van der Waals surface area contributed by atoms with Gasteiger partial charge in [0.15, 0.2) is 0 Å². The van der Waals surface area contributed by atoms with E-state index < -0.39 is 0 Å². The second-order valence-electron chi connectivity index (χ2n) is 3.92. The van der Waals surface area contributed by atoms with Gasteiger partial charge in [-0.15, -0.1) is 0 Å². The third kappa shape index (κ3) is 3.39. The van der Waals surface area contributed by atoms with Crippen LogP contribution in [0.1, 0.15) is 32.3 Å². The minimum absolute atomic E-state index is 0.0415. The molecule has 0 aliphatic carbocycles. The van der Waals surface area contributed by atoms with E-state index in [1.54, 1.807) is 0 Å². The molecule has 1 aromatic rings. The Labute approximate surface area is 103 Å². The van der Waals surface area contributed by atoms with Gasteiger partial charge in [0.25, 0.3) is 0 Å². The van der Waals surface area contributed by atoms with Crippen LogP contribution in [-0.2, 0) is 6.61 Å². The normalized spacial score (nSPS) is 10.5. The summed E-state index contributed by atoms with van der Waals surface area (Å²) < 4.78 is 0. The van der Waals surface area contributed by atoms with Crippen LogP contribution in [0.25, 0.3) is 0 Å². The number of halogens is 1. The van der Waals surface area contributed by atoms with Gasteiger partial charge in [0.2, 0.25) is 0 Å². The van der Waals surface area contributed by atoms with Gasteiger partial charge >= 0.3 is 0 Å². The fourth-order valence-corrected chi connectivity index (χ4v) is 2.08. The molecule has 2 nitrogen and oxygen atoms in total. The number of benzene rings is 1. The lowest BCUT2D eigenvalue weighted by molar-refractivity contribution is 0.282. The fraction of sp³-hybridized carbons (Fsp3) is 0.538. The molecule has 0 saturated heterocycles. The SMILES string of the molecule is CCCN(CCC)c1ccc(Cl)cc1CO. The minimum Gasteiger partial charge on any atom is -0.392 e. The summed E-state index contributed by atoms with van der Waals surface area (Å²) in [6.45, 7) is 6.40. The van der Waals surface area contributed by atoms with Crippen molar-refractivity contribution in [2.24, 2.45) is 0 Å². The molecule has 0 radical (unpaired) electrons. The standard InChI is InChI=1S/C13H20ClNO/c1-3-7-15(8-4-2)13-6-5-12(14)9-11(13)10-16/h5-6,9,16H,3-4,7-8,10H2,1-2H3. The van der Waals surface area contributed by atoms with E-state index in [1.165, 1.54) is 0 Å². The van der Waals surface area contributed by atoms with Crippen LogP contribution >= 0.6 is 11.6 Å². The summed E-state index contributed by atoms with van der Waals surface area (Å²) in [7, 11) is 0. The molecule has 90 valence electrons. The summed E-state index contributed by atoms with van der Waals surface area (Å²) in [6, 6.07) is 5.72. The Morgan fingerprint density at radius 1 is 1.19 bits per heavy atom. The zero-order valence-corrected chi connectivity index (χ0v) is 10.8. The van der Waals surface area contributed by atoms with Crippen molar-refractivity contribution in [3.8, 4) is 0 Å². The van der Waals surface area contributed by atoms with Gasteiger partial charge in [-0.2, -0.15) is 0 Å². The van der Waals surface area contributed by atoms with Crippen LogP contribution in [-0.4, -0.2) is 18.2 Å². The van der Waals surface area contributed by atoms with Gasteiger partial charge in [-0.3, -0.25) is 0 Å². The molecule has 0 aliphatic heterocycles. The predicted molar refractivity (Wildman–Crippen MR) is 70.2 cm³/mol. The van der Waals surface area contributed by atoms with E-state index in [4.69, 9.17) is 11.6 Å². The summed E-state index contributed by atoms with van der Waals surface area (Å²) in [6.07, 6.45) is 2.21. The van der Waals surface area contributed by atoms with Crippen molar-refractivity contribution < 1.29 is 5.11 Å². The quantitative estimate of drug-likeness (QED) is 0.825. The molecule has 1 N–H and O–H groups in total. The second-order valence-corrected chi connectivity index (χ2v) is 4.35. The van der Waals surface area contributed by atoms with Crippen molar-refractivity contribution in [2.75, 3.05) is 18.0 Å². The zero-order valence-electron chi connectivity index (χ0n) is 10.0. The average Bonchev–Trinajstić information content (AvgIpc) is 2.28. The van der Waals surface area contributed by atoms with Gasteiger partial charge in [0, 0.05) is 29.4 Å². The molecule has 0 heterocycles. The lowest BCUT2D eigenvalue weighted by Gasteiger charge is -2.26. The highest BCUT2D eigenvalue weighted by Crippen LogP contribution is 2.24. The van der Waals surface area contributed by atoms with Crippen molar-refractivity contribution >= 4 is 17.3 Å². The number of hydrogen-bond acceptors (Lipinski definition) is 2. The van der Waals surface area contributed by atoms with Crippen LogP contribution in [0.15, 0.2) is 18.2 Å². The summed E-state index contributed by atoms with van der Waals surface area (Å²) in [5, 5.41) is 10.0. The van der Waals surface area contributed by atoms with E-state index in [9.17, 15) is 5.11 Å². The number of rotatable bonds is 6. The maximum Gasteiger partial charge on any atom is 0.0702 e. The monoisotopic (exact) mass is 241 g/mol. The van der Waals surface area contributed by atoms with Gasteiger partial charge in [-0.25, -0.2) is 0 Å². The lowest BCUT2D eigenvalue weighted by atomic mass is 10.1. The van der Waals surface area contributed by atoms with Crippen molar-refractivity contribution in [3.63, 3.8) is 0 Å². The minimum atomic E-state index is 0.0415. The topological polar surface area (TPSA) is 23.5 Å². The van der Waals surface area contributed by atoms with Crippen LogP contribution in [0.4, 0.5) is 5.69 Å². The summed E-state index contributed by atoms with van der Waals surface area (Å²) in [4.78, 5) is 2.31. The van der Waals surface area contributed by atoms with E-state index in [0.29, 0.717) is 5.02 Å². The molecule has 0 saturated carbocycles. The summed E-state index contributed by atoms with van der Waals surface area (Å²) in [5.74, 6) is 0.